The molecule has 1 aliphatic rings. The number of rotatable bonds is 5. The molecule has 1 aliphatic heterocycles. The number of hydrogen-bond acceptors (Lipinski definition) is 5. The molecule has 0 saturated carbocycles. The van der Waals surface area contributed by atoms with Crippen LogP contribution in [0, 0.1) is 6.92 Å². The number of benzene rings is 1. The number of aryl methyl sites for hydroxylation is 1. The molecule has 1 aromatic carbocycles. The minimum atomic E-state index is -0.215. The lowest BCUT2D eigenvalue weighted by Crippen LogP contribution is -2.39. The summed E-state index contributed by atoms with van der Waals surface area (Å²) in [7, 11) is 0. The number of nitrogens with one attached hydrogen (secondary N) is 3. The molecule has 3 heterocycles. The van der Waals surface area contributed by atoms with E-state index in [0.29, 0.717) is 18.8 Å². The van der Waals surface area contributed by atoms with Gasteiger partial charge >= 0.3 is 0 Å². The minimum absolute atomic E-state index is 0.00542. The second-order valence-corrected chi connectivity index (χ2v) is 6.45. The van der Waals surface area contributed by atoms with Gasteiger partial charge in [-0.15, -0.1) is 0 Å². The van der Waals surface area contributed by atoms with E-state index >= 15 is 0 Å². The molecular formula is C19H20N6O. The normalized spacial score (nSPS) is 15.3. The van der Waals surface area contributed by atoms with E-state index in [1.165, 1.54) is 11.1 Å². The van der Waals surface area contributed by atoms with E-state index in [1.54, 1.807) is 12.4 Å². The van der Waals surface area contributed by atoms with Crippen molar-refractivity contribution in [1.82, 2.24) is 25.5 Å². The fourth-order valence-electron chi connectivity index (χ4n) is 3.11. The van der Waals surface area contributed by atoms with E-state index < -0.39 is 0 Å². The Balaban J connectivity index is 1.29. The fraction of sp³-hybridized carbons (Fsp3) is 0.263. The van der Waals surface area contributed by atoms with Crippen molar-refractivity contribution in [2.45, 2.75) is 25.8 Å². The van der Waals surface area contributed by atoms with E-state index in [4.69, 9.17) is 0 Å². The lowest BCUT2D eigenvalue weighted by Gasteiger charge is -2.11. The van der Waals surface area contributed by atoms with Gasteiger partial charge in [0, 0.05) is 43.0 Å². The number of fused-ring (bicyclic) bond motifs is 1. The third kappa shape index (κ3) is 3.42. The van der Waals surface area contributed by atoms with Crippen molar-refractivity contribution in [3.8, 4) is 11.4 Å². The SMILES string of the molecule is Cc1ccc2c(c1)C[C@H](C(=O)NCCc1nc(-c3cccnc3)n[nH]1)N2. The lowest BCUT2D eigenvalue weighted by molar-refractivity contribution is -0.121. The summed E-state index contributed by atoms with van der Waals surface area (Å²) >= 11 is 0. The van der Waals surface area contributed by atoms with Crippen LogP contribution in [-0.4, -0.2) is 38.7 Å². The van der Waals surface area contributed by atoms with Crippen LogP contribution in [0.3, 0.4) is 0 Å². The second kappa shape index (κ2) is 6.95. The Kier molecular flexibility index (Phi) is 4.35. The molecule has 1 amide bonds. The minimum Gasteiger partial charge on any atom is -0.373 e. The topological polar surface area (TPSA) is 95.6 Å². The first-order valence-electron chi connectivity index (χ1n) is 8.64. The highest BCUT2D eigenvalue weighted by atomic mass is 16.2. The van der Waals surface area contributed by atoms with Crippen molar-refractivity contribution in [1.29, 1.82) is 0 Å². The molecule has 7 nitrogen and oxygen atoms in total. The molecule has 3 N–H and O–H groups in total. The van der Waals surface area contributed by atoms with Gasteiger partial charge in [0.25, 0.3) is 0 Å². The Morgan fingerprint density at radius 1 is 1.35 bits per heavy atom. The van der Waals surface area contributed by atoms with Crippen molar-refractivity contribution in [2.24, 2.45) is 0 Å². The van der Waals surface area contributed by atoms with Crippen molar-refractivity contribution in [2.75, 3.05) is 11.9 Å². The van der Waals surface area contributed by atoms with Crippen LogP contribution in [0.15, 0.2) is 42.7 Å². The van der Waals surface area contributed by atoms with E-state index in [0.717, 1.165) is 23.5 Å². The number of carbonyl (C=O) groups is 1. The molecule has 0 aliphatic carbocycles. The zero-order chi connectivity index (χ0) is 17.9. The molecule has 0 fully saturated rings. The van der Waals surface area contributed by atoms with Gasteiger partial charge < -0.3 is 10.6 Å². The van der Waals surface area contributed by atoms with Crippen LogP contribution in [0.4, 0.5) is 5.69 Å². The number of aromatic nitrogens is 4. The second-order valence-electron chi connectivity index (χ2n) is 6.45. The lowest BCUT2D eigenvalue weighted by atomic mass is 10.1. The molecule has 0 bridgehead atoms. The van der Waals surface area contributed by atoms with Crippen LogP contribution in [0.25, 0.3) is 11.4 Å². The standard InChI is InChI=1S/C19H20N6O/c1-12-4-5-15-14(9-12)10-16(22-15)19(26)21-8-6-17-23-18(25-24-17)13-3-2-7-20-11-13/h2-5,7,9,11,16,22H,6,8,10H2,1H3,(H,21,26)(H,23,24,25)/t16-/m1/s1. The Labute approximate surface area is 151 Å². The molecule has 0 radical (unpaired) electrons. The molecule has 2 aromatic heterocycles. The number of nitrogens with zero attached hydrogens (tertiary/aromatic N) is 3. The third-order valence-electron chi connectivity index (χ3n) is 4.44. The van der Waals surface area contributed by atoms with Crippen molar-refractivity contribution < 1.29 is 4.79 Å². The molecule has 7 heteroatoms. The van der Waals surface area contributed by atoms with Crippen molar-refractivity contribution in [3.05, 3.63) is 59.7 Å². The monoisotopic (exact) mass is 348 g/mol. The van der Waals surface area contributed by atoms with Gasteiger partial charge in [0.15, 0.2) is 5.82 Å². The zero-order valence-electron chi connectivity index (χ0n) is 14.5. The maximum Gasteiger partial charge on any atom is 0.242 e. The molecule has 0 saturated heterocycles. The van der Waals surface area contributed by atoms with Crippen molar-refractivity contribution >= 4 is 11.6 Å². The highest BCUT2D eigenvalue weighted by Crippen LogP contribution is 2.26. The summed E-state index contributed by atoms with van der Waals surface area (Å²) in [5, 5.41) is 13.4. The summed E-state index contributed by atoms with van der Waals surface area (Å²) in [6.45, 7) is 2.57. The molecule has 0 spiro atoms. The number of pyridine rings is 1. The first kappa shape index (κ1) is 16.3. The summed E-state index contributed by atoms with van der Waals surface area (Å²) < 4.78 is 0. The largest absolute Gasteiger partial charge is 0.373 e. The van der Waals surface area contributed by atoms with Gasteiger partial charge in [-0.3, -0.25) is 14.9 Å². The highest BCUT2D eigenvalue weighted by Gasteiger charge is 2.26. The zero-order valence-corrected chi connectivity index (χ0v) is 14.5. The predicted octanol–water partition coefficient (Wildman–Crippen LogP) is 1.87. The number of hydrogen-bond donors (Lipinski definition) is 3. The van der Waals surface area contributed by atoms with Crippen LogP contribution in [-0.2, 0) is 17.6 Å². The summed E-state index contributed by atoms with van der Waals surface area (Å²) in [5.74, 6) is 1.36. The molecule has 4 rings (SSSR count). The Morgan fingerprint density at radius 2 is 2.27 bits per heavy atom. The first-order chi connectivity index (χ1) is 12.7. The van der Waals surface area contributed by atoms with E-state index in [-0.39, 0.29) is 11.9 Å². The first-order valence-corrected chi connectivity index (χ1v) is 8.64. The van der Waals surface area contributed by atoms with Gasteiger partial charge in [0.1, 0.15) is 11.9 Å². The number of anilines is 1. The van der Waals surface area contributed by atoms with Gasteiger partial charge in [-0.2, -0.15) is 5.10 Å². The van der Waals surface area contributed by atoms with Gasteiger partial charge in [0.05, 0.1) is 0 Å². The molecule has 3 aromatic rings. The molecule has 1 atom stereocenters. The van der Waals surface area contributed by atoms with Crippen LogP contribution in [0.5, 0.6) is 0 Å². The van der Waals surface area contributed by atoms with Gasteiger partial charge in [-0.25, -0.2) is 4.98 Å². The molecule has 132 valence electrons. The number of aromatic amines is 1. The quantitative estimate of drug-likeness (QED) is 0.654. The average Bonchev–Trinajstić information content (AvgIpc) is 3.29. The van der Waals surface area contributed by atoms with Crippen LogP contribution < -0.4 is 10.6 Å². The van der Waals surface area contributed by atoms with E-state index in [9.17, 15) is 4.79 Å². The van der Waals surface area contributed by atoms with Gasteiger partial charge in [0.2, 0.25) is 5.91 Å². The highest BCUT2D eigenvalue weighted by molar-refractivity contribution is 5.87. The Morgan fingerprint density at radius 3 is 3.12 bits per heavy atom. The van der Waals surface area contributed by atoms with Gasteiger partial charge in [-0.05, 0) is 30.7 Å². The van der Waals surface area contributed by atoms with Crippen LogP contribution in [0.1, 0.15) is 17.0 Å². The number of amides is 1. The van der Waals surface area contributed by atoms with Crippen LogP contribution in [0.2, 0.25) is 0 Å². The summed E-state index contributed by atoms with van der Waals surface area (Å²) in [4.78, 5) is 20.9. The molecule has 26 heavy (non-hydrogen) atoms. The van der Waals surface area contributed by atoms with E-state index in [1.807, 2.05) is 18.2 Å². The molecule has 0 unspecified atom stereocenters. The number of carbonyl (C=O) groups excluding carboxylic acids is 1. The van der Waals surface area contributed by atoms with Crippen molar-refractivity contribution in [3.63, 3.8) is 0 Å². The molecular weight excluding hydrogens is 328 g/mol. The fourth-order valence-corrected chi connectivity index (χ4v) is 3.11. The summed E-state index contributed by atoms with van der Waals surface area (Å²) in [6.07, 6.45) is 4.75. The van der Waals surface area contributed by atoms with Crippen LogP contribution >= 0.6 is 0 Å². The maximum absolute atomic E-state index is 12.4. The number of H-pyrrole nitrogens is 1. The Hall–Kier alpha value is -3.22. The van der Waals surface area contributed by atoms with E-state index in [2.05, 4.69) is 49.9 Å². The summed E-state index contributed by atoms with van der Waals surface area (Å²) in [5.41, 5.74) is 4.32. The average molecular weight is 348 g/mol. The maximum atomic E-state index is 12.4. The smallest absolute Gasteiger partial charge is 0.242 e. The van der Waals surface area contributed by atoms with Gasteiger partial charge in [-0.1, -0.05) is 17.7 Å². The third-order valence-corrected chi connectivity index (χ3v) is 4.44. The Bertz CT molecular complexity index is 921. The predicted molar refractivity (Wildman–Crippen MR) is 98.6 cm³/mol. The summed E-state index contributed by atoms with van der Waals surface area (Å²) in [6, 6.07) is 9.76.